The summed E-state index contributed by atoms with van der Waals surface area (Å²) >= 11 is 0. The molecule has 1 aliphatic rings. The van der Waals surface area contributed by atoms with Crippen molar-refractivity contribution in [1.29, 1.82) is 0 Å². The first-order valence-corrected chi connectivity index (χ1v) is 25.2. The molecule has 5 amide bonds. The van der Waals surface area contributed by atoms with E-state index in [0.29, 0.717) is 38.4 Å². The molecule has 1 unspecified atom stereocenters. The summed E-state index contributed by atoms with van der Waals surface area (Å²) in [6.07, 6.45) is 1.71. The Balaban J connectivity index is 2.29. The number of likely N-dealkylation sites (tertiary alicyclic amines) is 1. The molecule has 15 heteroatoms. The van der Waals surface area contributed by atoms with E-state index in [1.807, 2.05) is 104 Å². The van der Waals surface area contributed by atoms with E-state index < -0.39 is 56.7 Å². The summed E-state index contributed by atoms with van der Waals surface area (Å²) in [7, 11) is 6.27. The number of methoxy groups -OCH3 is 2. The number of hydrogen-bond donors (Lipinski definition) is 4. The van der Waals surface area contributed by atoms with Crippen LogP contribution in [0, 0.1) is 23.7 Å². The van der Waals surface area contributed by atoms with Crippen molar-refractivity contribution < 1.29 is 38.2 Å². The molecule has 0 aliphatic carbocycles. The van der Waals surface area contributed by atoms with Crippen molar-refractivity contribution in [3.8, 4) is 0 Å². The van der Waals surface area contributed by atoms with Crippen molar-refractivity contribution in [1.82, 2.24) is 30.7 Å². The number of nitrogens with one attached hydrogen (secondary N) is 3. The van der Waals surface area contributed by atoms with Crippen molar-refractivity contribution in [2.45, 2.75) is 149 Å². The number of ether oxygens (including phenoxy) is 2. The van der Waals surface area contributed by atoms with Crippen LogP contribution in [0.1, 0.15) is 86.1 Å². The monoisotopic (exact) mass is 861 g/mol. The molecule has 0 spiro atoms. The van der Waals surface area contributed by atoms with Gasteiger partial charge in [-0.05, 0) is 75.8 Å². The van der Waals surface area contributed by atoms with Gasteiger partial charge in [0.15, 0.2) is 8.32 Å². The van der Waals surface area contributed by atoms with Crippen LogP contribution in [0.15, 0.2) is 30.3 Å². The summed E-state index contributed by atoms with van der Waals surface area (Å²) in [5, 5.41) is 8.98. The average Bonchev–Trinajstić information content (AvgIpc) is 3.67. The molecule has 4 N–H and O–H groups in total. The maximum atomic E-state index is 14.4. The molecule has 14 nitrogen and oxygen atoms in total. The van der Waals surface area contributed by atoms with Gasteiger partial charge in [0.25, 0.3) is 0 Å². The Labute approximate surface area is 362 Å². The Morgan fingerprint density at radius 1 is 0.900 bits per heavy atom. The molecule has 1 aromatic rings. The molecule has 0 radical (unpaired) electrons. The van der Waals surface area contributed by atoms with Crippen molar-refractivity contribution in [2.75, 3.05) is 48.5 Å². The van der Waals surface area contributed by atoms with Gasteiger partial charge in [-0.2, -0.15) is 0 Å². The normalized spacial score (nSPS) is 18.6. The topological polar surface area (TPSA) is 170 Å². The second kappa shape index (κ2) is 24.9. The highest BCUT2D eigenvalue weighted by Gasteiger charge is 2.43. The highest BCUT2D eigenvalue weighted by Crippen LogP contribution is 2.30. The molecule has 1 saturated heterocycles. The van der Waals surface area contributed by atoms with E-state index in [9.17, 15) is 28.8 Å². The third-order valence-electron chi connectivity index (χ3n) is 12.1. The maximum absolute atomic E-state index is 14.4. The number of amides is 5. The quantitative estimate of drug-likeness (QED) is 0.0837. The molecule has 1 fully saturated rings. The van der Waals surface area contributed by atoms with E-state index in [2.05, 4.69) is 16.0 Å². The molecule has 0 aromatic heterocycles. The maximum Gasteiger partial charge on any atom is 0.245 e. The molecule has 2 rings (SSSR count). The van der Waals surface area contributed by atoms with Gasteiger partial charge < -0.3 is 40.0 Å². The lowest BCUT2D eigenvalue weighted by Crippen LogP contribution is -2.59. The van der Waals surface area contributed by atoms with Crippen molar-refractivity contribution in [3.05, 3.63) is 35.9 Å². The zero-order chi connectivity index (χ0) is 45.5. The molecular weight excluding hydrogens is 781 g/mol. The molecule has 0 bridgehead atoms. The van der Waals surface area contributed by atoms with Crippen LogP contribution in [-0.2, 0) is 39.9 Å². The van der Waals surface area contributed by atoms with E-state index in [4.69, 9.17) is 9.47 Å². The smallest absolute Gasteiger partial charge is 0.245 e. The number of carbonyl (C=O) groups is 5. The number of carbonyl (C=O) groups excluding carboxylic acids is 5. The number of benzene rings is 1. The van der Waals surface area contributed by atoms with Crippen LogP contribution in [0.4, 0.5) is 0 Å². The van der Waals surface area contributed by atoms with Gasteiger partial charge in [-0.25, -0.2) is 0 Å². The van der Waals surface area contributed by atoms with Crippen LogP contribution in [0.3, 0.4) is 0 Å². The van der Waals surface area contributed by atoms with Gasteiger partial charge in [0.05, 0.1) is 42.7 Å². The van der Waals surface area contributed by atoms with Crippen molar-refractivity contribution in [3.63, 3.8) is 0 Å². The summed E-state index contributed by atoms with van der Waals surface area (Å²) in [5.41, 5.74) is 0.898. The third kappa shape index (κ3) is 15.5. The van der Waals surface area contributed by atoms with Crippen molar-refractivity contribution >= 4 is 37.9 Å². The highest BCUT2D eigenvalue weighted by atomic mass is 28.4. The molecule has 9 atom stereocenters. The Morgan fingerprint density at radius 2 is 1.53 bits per heavy atom. The van der Waals surface area contributed by atoms with Gasteiger partial charge in [-0.3, -0.25) is 28.9 Å². The van der Waals surface area contributed by atoms with Crippen molar-refractivity contribution in [2.24, 2.45) is 23.7 Å². The van der Waals surface area contributed by atoms with E-state index in [-0.39, 0.29) is 53.7 Å². The Kier molecular flexibility index (Phi) is 21.9. The van der Waals surface area contributed by atoms with Crippen LogP contribution in [0.2, 0.25) is 19.1 Å². The minimum atomic E-state index is -2.26. The fourth-order valence-corrected chi connectivity index (χ4v) is 9.67. The molecule has 342 valence electrons. The predicted octanol–water partition coefficient (Wildman–Crippen LogP) is 4.06. The zero-order valence-corrected chi connectivity index (χ0v) is 40.2. The number of nitrogens with zero attached hydrogens (tertiary/aromatic N) is 3. The van der Waals surface area contributed by atoms with Crippen LogP contribution in [0.25, 0.3) is 0 Å². The second-order valence-corrected chi connectivity index (χ2v) is 22.6. The first kappa shape index (κ1) is 52.8. The standard InChI is InChI=1S/C45H80N6O8Si/c1-15-31(6)40(50(10)45(56)38(29(2)3)48-44(55)39(30(4)5)49(8)9)36(58-11)28-37(52)51-25-19-23-35(51)41(59-12)32(7)42(53)47-34(27-33-21-17-16-18-22-33)43(54)46-24-20-26-60(13,14)57/h16-18,21-22,29-32,34-36,38-41,57H,15,19-20,23-28H2,1-14H3,(H,46,54)(H,47,53)(H,48,55)/t31-,32+,34-,35-,36+,38?,39-,40-,41+/m0/s1. The van der Waals surface area contributed by atoms with Gasteiger partial charge in [0.1, 0.15) is 12.1 Å². The summed E-state index contributed by atoms with van der Waals surface area (Å²) in [4.78, 5) is 85.2. The lowest BCUT2D eigenvalue weighted by atomic mass is 9.89. The largest absolute Gasteiger partial charge is 0.432 e. The third-order valence-corrected chi connectivity index (χ3v) is 13.7. The summed E-state index contributed by atoms with van der Waals surface area (Å²) in [6, 6.07) is 7.26. The number of rotatable bonds is 25. The molecule has 1 aliphatic heterocycles. The first-order valence-electron chi connectivity index (χ1n) is 22.0. The van der Waals surface area contributed by atoms with Gasteiger partial charge in [0.2, 0.25) is 29.5 Å². The van der Waals surface area contributed by atoms with Crippen LogP contribution >= 0.6 is 0 Å². The average molecular weight is 861 g/mol. The minimum Gasteiger partial charge on any atom is -0.432 e. The highest BCUT2D eigenvalue weighted by molar-refractivity contribution is 6.69. The molecule has 1 aromatic carbocycles. The van der Waals surface area contributed by atoms with E-state index in [1.165, 1.54) is 0 Å². The Bertz CT molecular complexity index is 1500. The van der Waals surface area contributed by atoms with Crippen LogP contribution in [0.5, 0.6) is 0 Å². The SMILES string of the molecule is CC[C@H](C)[C@@H]([C@@H](CC(=O)N1CCC[C@H]1[C@H](OC)[C@@H](C)C(=O)N[C@@H](Cc1ccccc1)C(=O)NCCC[Si](C)(C)O)OC)N(C)C(=O)C(NC(=O)[C@H](C(C)C)N(C)C)C(C)C. The van der Waals surface area contributed by atoms with E-state index >= 15 is 0 Å². The lowest BCUT2D eigenvalue weighted by Gasteiger charge is -2.41. The molecule has 60 heavy (non-hydrogen) atoms. The van der Waals surface area contributed by atoms with Gasteiger partial charge in [-0.15, -0.1) is 0 Å². The van der Waals surface area contributed by atoms with Crippen LogP contribution in [-0.4, -0.2) is 148 Å². The van der Waals surface area contributed by atoms with Crippen LogP contribution < -0.4 is 16.0 Å². The predicted molar refractivity (Wildman–Crippen MR) is 239 cm³/mol. The van der Waals surface area contributed by atoms with Gasteiger partial charge in [0, 0.05) is 40.8 Å². The summed E-state index contributed by atoms with van der Waals surface area (Å²) < 4.78 is 12.1. The molecular formula is C45H80N6O8Si. The lowest BCUT2D eigenvalue weighted by molar-refractivity contribution is -0.148. The van der Waals surface area contributed by atoms with Gasteiger partial charge >= 0.3 is 0 Å². The summed E-state index contributed by atoms with van der Waals surface area (Å²) in [5.74, 6) is -2.18. The minimum absolute atomic E-state index is 0.000664. The number of hydrogen-bond acceptors (Lipinski definition) is 9. The fraction of sp³-hybridized carbons (Fsp3) is 0.756. The fourth-order valence-electron chi connectivity index (χ4n) is 8.63. The summed E-state index contributed by atoms with van der Waals surface area (Å²) in [6.45, 7) is 18.2. The van der Waals surface area contributed by atoms with E-state index in [0.717, 1.165) is 18.4 Å². The molecule has 1 heterocycles. The Hall–Kier alpha value is -3.37. The zero-order valence-electron chi connectivity index (χ0n) is 39.2. The van der Waals surface area contributed by atoms with Gasteiger partial charge in [-0.1, -0.05) is 85.2 Å². The Morgan fingerprint density at radius 3 is 2.05 bits per heavy atom. The molecule has 0 saturated carbocycles. The van der Waals surface area contributed by atoms with E-state index in [1.54, 1.807) is 38.0 Å². The first-order chi connectivity index (χ1) is 28.1. The second-order valence-electron chi connectivity index (χ2n) is 18.4. The number of likely N-dealkylation sites (N-methyl/N-ethyl adjacent to an activating group) is 2.